The van der Waals surface area contributed by atoms with Crippen LogP contribution in [0.25, 0.3) is 0 Å². The summed E-state index contributed by atoms with van der Waals surface area (Å²) >= 11 is 1.16. The van der Waals surface area contributed by atoms with Crippen molar-refractivity contribution < 1.29 is 27.9 Å². The molecule has 28 heavy (non-hydrogen) atoms. The molecule has 9 heteroatoms. The summed E-state index contributed by atoms with van der Waals surface area (Å²) in [5.41, 5.74) is -0.425. The van der Waals surface area contributed by atoms with E-state index in [1.54, 1.807) is 32.3 Å². The van der Waals surface area contributed by atoms with E-state index in [1.165, 1.54) is 11.0 Å². The van der Waals surface area contributed by atoms with Crippen molar-refractivity contribution in [3.05, 3.63) is 59.7 Å². The summed E-state index contributed by atoms with van der Waals surface area (Å²) in [5.74, 6) is -3.54. The molecule has 2 rings (SSSR count). The van der Waals surface area contributed by atoms with Gasteiger partial charge in [0.2, 0.25) is 5.91 Å². The van der Waals surface area contributed by atoms with Crippen LogP contribution in [0.5, 0.6) is 0 Å². The molecule has 0 aliphatic rings. The number of thioether (sulfide) groups is 1. The summed E-state index contributed by atoms with van der Waals surface area (Å²) in [6, 6.07) is 9.62. The highest BCUT2D eigenvalue weighted by molar-refractivity contribution is 8.00. The van der Waals surface area contributed by atoms with Crippen LogP contribution in [0.2, 0.25) is 0 Å². The van der Waals surface area contributed by atoms with E-state index in [0.717, 1.165) is 30.0 Å². The van der Waals surface area contributed by atoms with Gasteiger partial charge in [-0.25, -0.2) is 13.6 Å². The zero-order chi connectivity index (χ0) is 20.7. The van der Waals surface area contributed by atoms with Crippen molar-refractivity contribution in [1.82, 2.24) is 4.90 Å². The third-order valence-corrected chi connectivity index (χ3v) is 4.58. The van der Waals surface area contributed by atoms with Crippen LogP contribution in [0.4, 0.5) is 14.5 Å². The Balaban J connectivity index is 1.98. The molecule has 2 aromatic carbocycles. The van der Waals surface area contributed by atoms with Gasteiger partial charge in [0.05, 0.1) is 11.3 Å². The minimum atomic E-state index is -0.938. The van der Waals surface area contributed by atoms with Crippen LogP contribution < -0.4 is 5.32 Å². The van der Waals surface area contributed by atoms with Gasteiger partial charge >= 0.3 is 5.97 Å². The monoisotopic (exact) mass is 408 g/mol. The lowest BCUT2D eigenvalue weighted by molar-refractivity contribution is -0.125. The Labute approximate surface area is 164 Å². The fourth-order valence-corrected chi connectivity index (χ4v) is 3.05. The molecule has 6 nitrogen and oxygen atoms in total. The zero-order valence-corrected chi connectivity index (χ0v) is 16.0. The summed E-state index contributed by atoms with van der Waals surface area (Å²) in [5, 5.41) is 2.03. The number of anilines is 1. The standard InChI is InChI=1S/C19H18F2N2O4S/c1-23(2)17(25)11-28-15-9-4-3-6-12(15)19(26)27-10-16(24)22-18-13(20)7-5-8-14(18)21/h3-9H,10-11H2,1-2H3,(H,22,24). The molecule has 0 saturated carbocycles. The Morgan fingerprint density at radius 1 is 1.04 bits per heavy atom. The molecule has 0 fully saturated rings. The molecule has 0 saturated heterocycles. The molecule has 0 unspecified atom stereocenters. The second-order valence-corrected chi connectivity index (χ2v) is 6.81. The molecule has 0 bridgehead atoms. The first-order chi connectivity index (χ1) is 13.3. The highest BCUT2D eigenvalue weighted by atomic mass is 32.2. The lowest BCUT2D eigenvalue weighted by Crippen LogP contribution is -2.24. The van der Waals surface area contributed by atoms with E-state index in [1.807, 2.05) is 5.32 Å². The molecular formula is C19H18F2N2O4S. The fourth-order valence-electron chi connectivity index (χ4n) is 2.03. The minimum absolute atomic E-state index is 0.125. The molecule has 148 valence electrons. The maximum Gasteiger partial charge on any atom is 0.339 e. The van der Waals surface area contributed by atoms with Crippen molar-refractivity contribution in [2.24, 2.45) is 0 Å². The SMILES string of the molecule is CN(C)C(=O)CSc1ccccc1C(=O)OCC(=O)Nc1c(F)cccc1F. The number of halogens is 2. The number of para-hydroxylation sites is 1. The molecule has 0 aromatic heterocycles. The van der Waals surface area contributed by atoms with Crippen molar-refractivity contribution in [2.75, 3.05) is 31.8 Å². The number of carbonyl (C=O) groups is 3. The topological polar surface area (TPSA) is 75.7 Å². The number of carbonyl (C=O) groups excluding carboxylic acids is 3. The molecular weight excluding hydrogens is 390 g/mol. The molecule has 0 atom stereocenters. The van der Waals surface area contributed by atoms with Gasteiger partial charge in [0.15, 0.2) is 6.61 Å². The Morgan fingerprint density at radius 3 is 2.32 bits per heavy atom. The van der Waals surface area contributed by atoms with Gasteiger partial charge in [-0.2, -0.15) is 0 Å². The van der Waals surface area contributed by atoms with Gasteiger partial charge in [-0.3, -0.25) is 9.59 Å². The van der Waals surface area contributed by atoms with E-state index < -0.39 is 35.8 Å². The van der Waals surface area contributed by atoms with Crippen molar-refractivity contribution in [1.29, 1.82) is 0 Å². The van der Waals surface area contributed by atoms with Gasteiger partial charge in [-0.1, -0.05) is 18.2 Å². The number of benzene rings is 2. The van der Waals surface area contributed by atoms with Crippen LogP contribution in [0, 0.1) is 11.6 Å². The lowest BCUT2D eigenvalue weighted by Gasteiger charge is -2.12. The van der Waals surface area contributed by atoms with Crippen LogP contribution >= 0.6 is 11.8 Å². The quantitative estimate of drug-likeness (QED) is 0.563. The molecule has 0 heterocycles. The number of amides is 2. The van der Waals surface area contributed by atoms with Crippen molar-refractivity contribution >= 4 is 35.2 Å². The highest BCUT2D eigenvalue weighted by Crippen LogP contribution is 2.23. The number of nitrogens with one attached hydrogen (secondary N) is 1. The molecule has 0 spiro atoms. The number of esters is 1. The van der Waals surface area contributed by atoms with Crippen molar-refractivity contribution in [3.8, 4) is 0 Å². The van der Waals surface area contributed by atoms with Crippen LogP contribution in [-0.4, -0.2) is 49.1 Å². The first-order valence-corrected chi connectivity index (χ1v) is 9.11. The Hall–Kier alpha value is -2.94. The van der Waals surface area contributed by atoms with Crippen molar-refractivity contribution in [3.63, 3.8) is 0 Å². The summed E-state index contributed by atoms with van der Waals surface area (Å²) < 4.78 is 32.0. The summed E-state index contributed by atoms with van der Waals surface area (Å²) in [6.45, 7) is -0.720. The Kier molecular flexibility index (Phi) is 7.51. The number of nitrogens with zero attached hydrogens (tertiary/aromatic N) is 1. The molecule has 2 amide bonds. The Bertz CT molecular complexity index is 870. The predicted molar refractivity (Wildman–Crippen MR) is 101 cm³/mol. The number of hydrogen-bond acceptors (Lipinski definition) is 5. The van der Waals surface area contributed by atoms with Crippen LogP contribution in [-0.2, 0) is 14.3 Å². The average molecular weight is 408 g/mol. The van der Waals surface area contributed by atoms with Gasteiger partial charge in [-0.15, -0.1) is 11.8 Å². The van der Waals surface area contributed by atoms with Gasteiger partial charge < -0.3 is 15.0 Å². The summed E-state index contributed by atoms with van der Waals surface area (Å²) in [7, 11) is 3.25. The van der Waals surface area contributed by atoms with E-state index in [4.69, 9.17) is 4.74 Å². The average Bonchev–Trinajstić information content (AvgIpc) is 2.67. The molecule has 1 N–H and O–H groups in total. The largest absolute Gasteiger partial charge is 0.452 e. The summed E-state index contributed by atoms with van der Waals surface area (Å²) in [4.78, 5) is 37.8. The smallest absolute Gasteiger partial charge is 0.339 e. The van der Waals surface area contributed by atoms with E-state index in [0.29, 0.717) is 4.90 Å². The molecule has 2 aromatic rings. The maximum atomic E-state index is 13.5. The third-order valence-electron chi connectivity index (χ3n) is 3.52. The zero-order valence-electron chi connectivity index (χ0n) is 15.2. The van der Waals surface area contributed by atoms with Crippen LogP contribution in [0.15, 0.2) is 47.4 Å². The first kappa shape index (κ1) is 21.4. The number of ether oxygens (including phenoxy) is 1. The van der Waals surface area contributed by atoms with Gasteiger partial charge in [0, 0.05) is 19.0 Å². The number of rotatable bonds is 7. The van der Waals surface area contributed by atoms with E-state index in [9.17, 15) is 23.2 Å². The Morgan fingerprint density at radius 2 is 1.68 bits per heavy atom. The van der Waals surface area contributed by atoms with Gasteiger partial charge in [-0.05, 0) is 24.3 Å². The lowest BCUT2D eigenvalue weighted by atomic mass is 10.2. The minimum Gasteiger partial charge on any atom is -0.452 e. The second-order valence-electron chi connectivity index (χ2n) is 5.79. The van der Waals surface area contributed by atoms with Crippen molar-refractivity contribution in [2.45, 2.75) is 4.90 Å². The highest BCUT2D eigenvalue weighted by Gasteiger charge is 2.17. The van der Waals surface area contributed by atoms with Gasteiger partial charge in [0.25, 0.3) is 5.91 Å². The molecule has 0 radical (unpaired) electrons. The molecule has 0 aliphatic carbocycles. The van der Waals surface area contributed by atoms with Crippen LogP contribution in [0.3, 0.4) is 0 Å². The van der Waals surface area contributed by atoms with Gasteiger partial charge in [0.1, 0.15) is 17.3 Å². The third kappa shape index (κ3) is 5.78. The maximum absolute atomic E-state index is 13.5. The first-order valence-electron chi connectivity index (χ1n) is 8.12. The predicted octanol–water partition coefficient (Wildman–Crippen LogP) is 2.94. The van der Waals surface area contributed by atoms with E-state index in [-0.39, 0.29) is 17.2 Å². The summed E-state index contributed by atoms with van der Waals surface area (Å²) in [6.07, 6.45) is 0. The normalized spacial score (nSPS) is 10.3. The molecule has 0 aliphatic heterocycles. The fraction of sp³-hybridized carbons (Fsp3) is 0.211. The van der Waals surface area contributed by atoms with Crippen LogP contribution in [0.1, 0.15) is 10.4 Å². The second kappa shape index (κ2) is 9.84. The number of hydrogen-bond donors (Lipinski definition) is 1. The van der Waals surface area contributed by atoms with E-state index >= 15 is 0 Å². The van der Waals surface area contributed by atoms with E-state index in [2.05, 4.69) is 0 Å².